The second-order valence-corrected chi connectivity index (χ2v) is 3.93. The van der Waals surface area contributed by atoms with Gasteiger partial charge < -0.3 is 14.6 Å². The summed E-state index contributed by atoms with van der Waals surface area (Å²) in [7, 11) is 2.65. The molecular weight excluding hydrogens is 244 g/mol. The number of carbonyl (C=O) groups excluding carboxylic acids is 1. The molecule has 0 bridgehead atoms. The molecule has 0 aliphatic carbocycles. The van der Waals surface area contributed by atoms with Crippen LogP contribution in [0, 0.1) is 5.92 Å². The molecule has 1 rings (SSSR count). The van der Waals surface area contributed by atoms with Gasteiger partial charge in [0.2, 0.25) is 0 Å². The van der Waals surface area contributed by atoms with Crippen LogP contribution in [0.2, 0.25) is 0 Å². The van der Waals surface area contributed by atoms with E-state index >= 15 is 0 Å². The zero-order valence-corrected chi connectivity index (χ0v) is 11.1. The van der Waals surface area contributed by atoms with Gasteiger partial charge in [-0.3, -0.25) is 4.79 Å². The average molecular weight is 262 g/mol. The molecule has 4 heteroatoms. The molecule has 0 aromatic heterocycles. The third kappa shape index (κ3) is 4.26. The Kier molecular flexibility index (Phi) is 5.82. The van der Waals surface area contributed by atoms with Crippen molar-refractivity contribution in [3.63, 3.8) is 0 Å². The lowest BCUT2D eigenvalue weighted by molar-refractivity contribution is -0.148. The van der Waals surface area contributed by atoms with Crippen LogP contribution >= 0.6 is 0 Å². The number of carbonyl (C=O) groups is 1. The molecule has 19 heavy (non-hydrogen) atoms. The van der Waals surface area contributed by atoms with Crippen molar-refractivity contribution in [2.24, 2.45) is 5.92 Å². The molecule has 0 radical (unpaired) electrons. The van der Waals surface area contributed by atoms with Gasteiger partial charge in [-0.25, -0.2) is 0 Å². The number of benzene rings is 1. The molecule has 0 fully saturated rings. The second kappa shape index (κ2) is 7.38. The van der Waals surface area contributed by atoms with Crippen LogP contribution in [-0.2, 0) is 14.3 Å². The van der Waals surface area contributed by atoms with E-state index in [1.54, 1.807) is 6.08 Å². The Labute approximate surface area is 113 Å². The van der Waals surface area contributed by atoms with E-state index in [0.29, 0.717) is 0 Å². The Morgan fingerprint density at radius 2 is 1.89 bits per heavy atom. The smallest absolute Gasteiger partial charge is 0.319 e. The van der Waals surface area contributed by atoms with Gasteiger partial charge >= 0.3 is 5.97 Å². The highest BCUT2D eigenvalue weighted by atomic mass is 16.5. The summed E-state index contributed by atoms with van der Waals surface area (Å²) < 4.78 is 9.55. The summed E-state index contributed by atoms with van der Waals surface area (Å²) in [5, 5.41) is 10.0. The second-order valence-electron chi connectivity index (χ2n) is 3.93. The van der Waals surface area contributed by atoms with E-state index in [-0.39, 0.29) is 5.76 Å². The van der Waals surface area contributed by atoms with Gasteiger partial charge in [0, 0.05) is 0 Å². The highest BCUT2D eigenvalue weighted by molar-refractivity contribution is 5.76. The van der Waals surface area contributed by atoms with Gasteiger partial charge in [-0.2, -0.15) is 0 Å². The highest BCUT2D eigenvalue weighted by Crippen LogP contribution is 2.18. The van der Waals surface area contributed by atoms with E-state index in [4.69, 9.17) is 4.74 Å². The van der Waals surface area contributed by atoms with Crippen LogP contribution in [0.4, 0.5) is 0 Å². The van der Waals surface area contributed by atoms with E-state index in [2.05, 4.69) is 11.3 Å². The topological polar surface area (TPSA) is 55.8 Å². The largest absolute Gasteiger partial charge is 0.501 e. The molecule has 1 N–H and O–H groups in total. The summed E-state index contributed by atoms with van der Waals surface area (Å²) >= 11 is 0. The summed E-state index contributed by atoms with van der Waals surface area (Å²) in [5.74, 6) is -1.36. The molecule has 0 saturated heterocycles. The molecule has 0 unspecified atom stereocenters. The van der Waals surface area contributed by atoms with Gasteiger partial charge in [0.15, 0.2) is 0 Å². The van der Waals surface area contributed by atoms with Crippen molar-refractivity contribution in [2.75, 3.05) is 14.2 Å². The predicted octanol–water partition coefficient (Wildman–Crippen LogP) is 2.01. The average Bonchev–Trinajstić information content (AvgIpc) is 2.45. The zero-order chi connectivity index (χ0) is 14.3. The number of ether oxygens (including phenoxy) is 2. The monoisotopic (exact) mass is 262 g/mol. The maximum Gasteiger partial charge on any atom is 0.319 e. The Morgan fingerprint density at radius 1 is 1.26 bits per heavy atom. The molecule has 0 spiro atoms. The molecule has 0 saturated carbocycles. The number of methoxy groups -OCH3 is 2. The van der Waals surface area contributed by atoms with Crippen LogP contribution < -0.4 is 0 Å². The van der Waals surface area contributed by atoms with Crippen molar-refractivity contribution in [3.05, 3.63) is 54.3 Å². The van der Waals surface area contributed by atoms with Crippen LogP contribution in [0.15, 0.2) is 48.7 Å². The van der Waals surface area contributed by atoms with Crippen LogP contribution in [0.25, 0.3) is 6.08 Å². The van der Waals surface area contributed by atoms with E-state index in [9.17, 15) is 9.90 Å². The van der Waals surface area contributed by atoms with E-state index in [1.807, 2.05) is 30.3 Å². The first-order valence-corrected chi connectivity index (χ1v) is 5.82. The molecule has 0 aliphatic rings. The van der Waals surface area contributed by atoms with Gasteiger partial charge in [0.1, 0.15) is 11.7 Å². The highest BCUT2D eigenvalue weighted by Gasteiger charge is 2.29. The molecule has 0 heterocycles. The van der Waals surface area contributed by atoms with E-state index in [1.165, 1.54) is 20.3 Å². The maximum absolute atomic E-state index is 11.6. The fourth-order valence-electron chi connectivity index (χ4n) is 1.60. The third-order valence-electron chi connectivity index (χ3n) is 2.69. The third-order valence-corrected chi connectivity index (χ3v) is 2.69. The van der Waals surface area contributed by atoms with E-state index in [0.717, 1.165) is 5.56 Å². The quantitative estimate of drug-likeness (QED) is 0.629. The van der Waals surface area contributed by atoms with Crippen molar-refractivity contribution in [1.82, 2.24) is 0 Å². The minimum Gasteiger partial charge on any atom is -0.501 e. The van der Waals surface area contributed by atoms with Crippen molar-refractivity contribution in [2.45, 2.75) is 6.10 Å². The molecule has 4 nitrogen and oxygen atoms in total. The maximum atomic E-state index is 11.6. The van der Waals surface area contributed by atoms with Crippen LogP contribution in [0.3, 0.4) is 0 Å². The van der Waals surface area contributed by atoms with Crippen molar-refractivity contribution in [1.29, 1.82) is 0 Å². The normalized spacial score (nSPS) is 13.8. The fourth-order valence-corrected chi connectivity index (χ4v) is 1.60. The van der Waals surface area contributed by atoms with E-state index < -0.39 is 18.0 Å². The first kappa shape index (κ1) is 15.0. The van der Waals surface area contributed by atoms with Crippen LogP contribution in [0.5, 0.6) is 0 Å². The first-order valence-electron chi connectivity index (χ1n) is 5.82. The molecule has 0 amide bonds. The summed E-state index contributed by atoms with van der Waals surface area (Å²) in [6.45, 7) is 3.60. The summed E-state index contributed by atoms with van der Waals surface area (Å²) in [5.41, 5.74) is 0.924. The predicted molar refractivity (Wildman–Crippen MR) is 73.1 cm³/mol. The molecule has 102 valence electrons. The molecule has 1 aromatic rings. The number of rotatable bonds is 6. The van der Waals surface area contributed by atoms with Gasteiger partial charge in [0.05, 0.1) is 20.3 Å². The van der Waals surface area contributed by atoms with Crippen LogP contribution in [0.1, 0.15) is 5.56 Å². The SMILES string of the molecule is C=C(OC)[C@@H](C(=O)OC)[C@H](O)/C=C/c1ccccc1. The van der Waals surface area contributed by atoms with Gasteiger partial charge in [0.25, 0.3) is 0 Å². The van der Waals surface area contributed by atoms with Gasteiger partial charge in [-0.05, 0) is 5.56 Å². The zero-order valence-electron chi connectivity index (χ0n) is 11.1. The minimum atomic E-state index is -1.06. The number of hydrogen-bond donors (Lipinski definition) is 1. The Bertz CT molecular complexity index is 434. The number of esters is 1. The number of hydrogen-bond acceptors (Lipinski definition) is 4. The van der Waals surface area contributed by atoms with Gasteiger partial charge in [-0.15, -0.1) is 0 Å². The summed E-state index contributed by atoms with van der Waals surface area (Å²) in [4.78, 5) is 11.6. The lowest BCUT2D eigenvalue weighted by atomic mass is 9.99. The summed E-state index contributed by atoms with van der Waals surface area (Å²) in [6, 6.07) is 9.46. The molecular formula is C15H18O4. The lowest BCUT2D eigenvalue weighted by Crippen LogP contribution is -2.30. The van der Waals surface area contributed by atoms with Gasteiger partial charge in [-0.1, -0.05) is 49.1 Å². The van der Waals surface area contributed by atoms with Crippen LogP contribution in [-0.4, -0.2) is 31.4 Å². The number of aliphatic hydroxyl groups is 1. The van der Waals surface area contributed by atoms with Crippen molar-refractivity contribution >= 4 is 12.0 Å². The Balaban J connectivity index is 2.83. The van der Waals surface area contributed by atoms with Crippen molar-refractivity contribution in [3.8, 4) is 0 Å². The molecule has 1 aromatic carbocycles. The van der Waals surface area contributed by atoms with Crippen molar-refractivity contribution < 1.29 is 19.4 Å². The lowest BCUT2D eigenvalue weighted by Gasteiger charge is -2.19. The summed E-state index contributed by atoms with van der Waals surface area (Å²) in [6.07, 6.45) is 2.19. The Hall–Kier alpha value is -2.07. The minimum absolute atomic E-state index is 0.164. The fraction of sp³-hybridized carbons (Fsp3) is 0.267. The molecule has 2 atom stereocenters. The molecule has 0 aliphatic heterocycles. The standard InChI is InChI=1S/C15H18O4/c1-11(18-2)14(15(17)19-3)13(16)10-9-12-7-5-4-6-8-12/h4-10,13-14,16H,1H2,2-3H3/b10-9+/t13-,14-/m1/s1. The first-order chi connectivity index (χ1) is 9.10. The number of aliphatic hydroxyl groups excluding tert-OH is 1. The Morgan fingerprint density at radius 3 is 2.42 bits per heavy atom.